The van der Waals surface area contributed by atoms with Crippen molar-refractivity contribution in [2.45, 2.75) is 13.0 Å². The molecule has 29 heavy (non-hydrogen) atoms. The predicted octanol–water partition coefficient (Wildman–Crippen LogP) is 2.93. The molecular weight excluding hydrogens is 460 g/mol. The lowest BCUT2D eigenvalue weighted by molar-refractivity contribution is 0.310. The van der Waals surface area contributed by atoms with Gasteiger partial charge in [0.1, 0.15) is 0 Å². The Morgan fingerprint density at radius 3 is 2.66 bits per heavy atom. The van der Waals surface area contributed by atoms with Crippen molar-refractivity contribution in [3.05, 3.63) is 56.9 Å². The monoisotopic (exact) mass is 482 g/mol. The van der Waals surface area contributed by atoms with Crippen LogP contribution in [0.4, 0.5) is 0 Å². The average molecular weight is 483 g/mol. The van der Waals surface area contributed by atoms with Gasteiger partial charge in [0, 0.05) is 10.2 Å². The Kier molecular flexibility index (Phi) is 6.28. The van der Waals surface area contributed by atoms with Crippen LogP contribution < -0.4 is 15.2 Å². The first-order chi connectivity index (χ1) is 13.8. The Morgan fingerprint density at radius 1 is 1.24 bits per heavy atom. The first-order valence-electron chi connectivity index (χ1n) is 9.02. The highest BCUT2D eigenvalue weighted by molar-refractivity contribution is 9.10. The van der Waals surface area contributed by atoms with Crippen molar-refractivity contribution < 1.29 is 18.5 Å². The molecule has 9 heteroatoms. The summed E-state index contributed by atoms with van der Waals surface area (Å²) < 4.78 is 26.1. The van der Waals surface area contributed by atoms with E-state index in [1.807, 2.05) is 13.0 Å². The number of methoxy groups -OCH3 is 1. The number of benzene rings is 2. The normalized spacial score (nSPS) is 13.2. The van der Waals surface area contributed by atoms with Crippen LogP contribution in [0.2, 0.25) is 0 Å². The first-order valence-corrected chi connectivity index (χ1v) is 12.2. The van der Waals surface area contributed by atoms with E-state index >= 15 is 0 Å². The highest BCUT2D eigenvalue weighted by atomic mass is 79.9. The number of fused-ring (bicyclic) bond motifs is 1. The van der Waals surface area contributed by atoms with Gasteiger partial charge in [-0.25, -0.2) is 4.79 Å². The minimum Gasteiger partial charge on any atom is -0.493 e. The third-order valence-electron chi connectivity index (χ3n) is 4.62. The molecule has 0 fully saturated rings. The lowest BCUT2D eigenvalue weighted by Gasteiger charge is -2.24. The smallest absolute Gasteiger partial charge is 0.327 e. The fourth-order valence-corrected chi connectivity index (χ4v) is 4.81. The van der Waals surface area contributed by atoms with E-state index in [9.17, 15) is 13.8 Å². The maximum absolute atomic E-state index is 12.8. The number of imidazole rings is 1. The summed E-state index contributed by atoms with van der Waals surface area (Å²) in [5, 5.41) is 0. The number of carbonyl (C=O) groups excluding carboxylic acids is 1. The van der Waals surface area contributed by atoms with Crippen molar-refractivity contribution in [3.8, 4) is 11.5 Å². The summed E-state index contributed by atoms with van der Waals surface area (Å²) in [6.45, 7) is 2.30. The lowest BCUT2D eigenvalue weighted by atomic mass is 10.1. The summed E-state index contributed by atoms with van der Waals surface area (Å²) >= 11 is 3.40. The fraction of sp³-hybridized carbons (Fsp3) is 0.300. The fourth-order valence-electron chi connectivity index (χ4n) is 3.30. The van der Waals surface area contributed by atoms with Gasteiger partial charge in [-0.1, -0.05) is 31.9 Å². The van der Waals surface area contributed by atoms with Gasteiger partial charge in [0.25, 0.3) is 0 Å². The lowest BCUT2D eigenvalue weighted by Crippen LogP contribution is -2.31. The molecule has 0 radical (unpaired) electrons. The number of halogens is 1. The van der Waals surface area contributed by atoms with E-state index in [1.165, 1.54) is 6.26 Å². The quantitative estimate of drug-likeness (QED) is 0.380. The minimum absolute atomic E-state index is 0.0112. The SMILES string of the molecule is CCOc1cc([C@@H](C[SH](C)(=O)C=O)n2c(=O)[nH]c3cc(Br)ccc32)ccc1OC. The van der Waals surface area contributed by atoms with Crippen LogP contribution in [0.3, 0.4) is 0 Å². The van der Waals surface area contributed by atoms with Crippen molar-refractivity contribution >= 4 is 42.5 Å². The van der Waals surface area contributed by atoms with Gasteiger partial charge < -0.3 is 14.5 Å². The molecule has 0 amide bonds. The van der Waals surface area contributed by atoms with E-state index in [0.29, 0.717) is 40.3 Å². The second-order valence-electron chi connectivity index (χ2n) is 6.78. The van der Waals surface area contributed by atoms with Crippen molar-refractivity contribution in [2.24, 2.45) is 0 Å². The Labute approximate surface area is 177 Å². The number of nitrogens with zero attached hydrogens (tertiary/aromatic N) is 1. The predicted molar refractivity (Wildman–Crippen MR) is 120 cm³/mol. The number of aromatic nitrogens is 2. The zero-order valence-electron chi connectivity index (χ0n) is 16.3. The molecule has 0 aliphatic rings. The Hall–Kier alpha value is -2.39. The van der Waals surface area contributed by atoms with Crippen molar-refractivity contribution in [1.82, 2.24) is 9.55 Å². The van der Waals surface area contributed by atoms with Crippen LogP contribution in [0.25, 0.3) is 11.0 Å². The van der Waals surface area contributed by atoms with Crippen LogP contribution in [0.1, 0.15) is 18.5 Å². The molecule has 2 aromatic carbocycles. The van der Waals surface area contributed by atoms with Crippen molar-refractivity contribution in [1.29, 1.82) is 0 Å². The Balaban J connectivity index is 2.23. The van der Waals surface area contributed by atoms with Gasteiger partial charge in [0.15, 0.2) is 17.1 Å². The summed E-state index contributed by atoms with van der Waals surface area (Å²) in [7, 11) is -1.58. The van der Waals surface area contributed by atoms with Gasteiger partial charge in [-0.2, -0.15) is 0 Å². The molecule has 0 saturated heterocycles. The Morgan fingerprint density at radius 2 is 2.00 bits per heavy atom. The van der Waals surface area contributed by atoms with Gasteiger partial charge in [0.2, 0.25) is 0 Å². The van der Waals surface area contributed by atoms with E-state index in [2.05, 4.69) is 20.9 Å². The van der Waals surface area contributed by atoms with Crippen LogP contribution in [-0.2, 0) is 14.7 Å². The van der Waals surface area contributed by atoms with Crippen molar-refractivity contribution in [3.63, 3.8) is 0 Å². The number of ether oxygens (including phenoxy) is 2. The van der Waals surface area contributed by atoms with Crippen LogP contribution in [0, 0.1) is 0 Å². The van der Waals surface area contributed by atoms with Gasteiger partial charge in [-0.3, -0.25) is 13.6 Å². The number of nitrogens with one attached hydrogen (secondary N) is 1. The molecule has 0 aliphatic heterocycles. The van der Waals surface area contributed by atoms with E-state index in [1.54, 1.807) is 42.0 Å². The molecule has 7 nitrogen and oxygen atoms in total. The van der Waals surface area contributed by atoms with Crippen molar-refractivity contribution in [2.75, 3.05) is 25.7 Å². The largest absolute Gasteiger partial charge is 0.493 e. The standard InChI is InChI=1S/C20H23BrN2O5S/c1-4-28-19-9-13(5-8-18(19)27-2)17(11-29(3,26)12-24)23-16-7-6-14(21)10-15(16)22-20(23)25/h5-10,12,17,29H,4,11H2,1-3H3,(H,22,25)/t17-/m1/s1. The summed E-state index contributed by atoms with van der Waals surface area (Å²) in [4.78, 5) is 27.1. The molecule has 0 unspecified atom stereocenters. The highest BCUT2D eigenvalue weighted by Gasteiger charge is 2.25. The molecule has 3 aromatic rings. The molecule has 0 bridgehead atoms. The number of H-pyrrole nitrogens is 1. The number of rotatable bonds is 8. The Bertz CT molecular complexity index is 1150. The molecule has 0 aliphatic carbocycles. The van der Waals surface area contributed by atoms with Crippen LogP contribution >= 0.6 is 15.9 Å². The number of thiol groups is 1. The zero-order chi connectivity index (χ0) is 21.2. The molecule has 1 atom stereocenters. The maximum atomic E-state index is 12.8. The van der Waals surface area contributed by atoms with E-state index in [0.717, 1.165) is 4.47 Å². The third-order valence-corrected chi connectivity index (χ3v) is 6.63. The van der Waals surface area contributed by atoms with E-state index in [-0.39, 0.29) is 11.4 Å². The summed E-state index contributed by atoms with van der Waals surface area (Å²) in [5.74, 6) is 1.09. The molecule has 0 saturated carbocycles. The first kappa shape index (κ1) is 21.3. The van der Waals surface area contributed by atoms with Crippen LogP contribution in [0.15, 0.2) is 45.7 Å². The maximum Gasteiger partial charge on any atom is 0.327 e. The zero-order valence-corrected chi connectivity index (χ0v) is 18.8. The molecule has 1 aromatic heterocycles. The second-order valence-corrected chi connectivity index (χ2v) is 10.6. The number of hydrogen-bond acceptors (Lipinski definition) is 5. The highest BCUT2D eigenvalue weighted by Crippen LogP contribution is 2.33. The van der Waals surface area contributed by atoms with E-state index < -0.39 is 16.0 Å². The van der Waals surface area contributed by atoms with Crippen LogP contribution in [0.5, 0.6) is 11.5 Å². The van der Waals surface area contributed by atoms with Crippen LogP contribution in [-0.4, -0.2) is 45.1 Å². The topological polar surface area (TPSA) is 90.4 Å². The van der Waals surface area contributed by atoms with E-state index in [4.69, 9.17) is 9.47 Å². The summed E-state index contributed by atoms with van der Waals surface area (Å²) in [5.41, 5.74) is 2.14. The molecule has 156 valence electrons. The minimum atomic E-state index is -3.13. The van der Waals surface area contributed by atoms with Gasteiger partial charge in [0.05, 0.1) is 30.8 Å². The molecule has 3 rings (SSSR count). The van der Waals surface area contributed by atoms with Gasteiger partial charge in [-0.05, 0) is 49.1 Å². The molecule has 0 spiro atoms. The number of hydrogen-bond donors (Lipinski definition) is 2. The average Bonchev–Trinajstić information content (AvgIpc) is 3.01. The second kappa shape index (κ2) is 8.54. The molecule has 1 N–H and O–H groups in total. The van der Waals surface area contributed by atoms with Gasteiger partial charge in [-0.15, -0.1) is 0 Å². The number of carbonyl (C=O) groups is 1. The molecule has 1 heterocycles. The summed E-state index contributed by atoms with van der Waals surface area (Å²) in [6.07, 6.45) is 1.43. The number of aromatic amines is 1. The third kappa shape index (κ3) is 4.45. The molecular formula is C20H23BrN2O5S. The summed E-state index contributed by atoms with van der Waals surface area (Å²) in [6, 6.07) is 10.1. The van der Waals surface area contributed by atoms with Gasteiger partial charge >= 0.3 is 5.69 Å².